The summed E-state index contributed by atoms with van der Waals surface area (Å²) in [7, 11) is -2.54. The van der Waals surface area contributed by atoms with Crippen molar-refractivity contribution in [3.05, 3.63) is 59.8 Å². The Morgan fingerprint density at radius 1 is 1.15 bits per heavy atom. The number of rotatable bonds is 6. The van der Waals surface area contributed by atoms with Crippen molar-refractivity contribution in [1.29, 1.82) is 0 Å². The fourth-order valence-electron chi connectivity index (χ4n) is 2.55. The van der Waals surface area contributed by atoms with Gasteiger partial charge in [0.15, 0.2) is 11.5 Å². The molecule has 3 rings (SSSR count). The van der Waals surface area contributed by atoms with Crippen LogP contribution in [0.3, 0.4) is 0 Å². The number of anilines is 1. The maximum atomic E-state index is 12.8. The minimum absolute atomic E-state index is 0.0294. The predicted octanol–water partition coefficient (Wildman–Crippen LogP) is 3.66. The summed E-state index contributed by atoms with van der Waals surface area (Å²) in [5, 5.41) is 3.82. The molecule has 0 atom stereocenters. The molecule has 0 fully saturated rings. The zero-order chi connectivity index (χ0) is 19.6. The summed E-state index contributed by atoms with van der Waals surface area (Å²) in [5.41, 5.74) is 2.07. The summed E-state index contributed by atoms with van der Waals surface area (Å²) in [6.45, 7) is 3.21. The monoisotopic (exact) mass is 386 g/mol. The lowest BCUT2D eigenvalue weighted by Gasteiger charge is -2.13. The number of ether oxygens (including phenoxy) is 1. The van der Waals surface area contributed by atoms with E-state index in [9.17, 15) is 13.2 Å². The van der Waals surface area contributed by atoms with Crippen molar-refractivity contribution in [2.45, 2.75) is 18.7 Å². The Morgan fingerprint density at radius 3 is 2.56 bits per heavy atom. The molecule has 0 saturated heterocycles. The first-order chi connectivity index (χ1) is 12.8. The molecule has 27 heavy (non-hydrogen) atoms. The van der Waals surface area contributed by atoms with Gasteiger partial charge in [-0.15, -0.1) is 0 Å². The van der Waals surface area contributed by atoms with Gasteiger partial charge in [-0.2, -0.15) is 0 Å². The highest BCUT2D eigenvalue weighted by atomic mass is 32.2. The van der Waals surface area contributed by atoms with Gasteiger partial charge in [0.25, 0.3) is 10.0 Å². The Kier molecular flexibility index (Phi) is 5.00. The SMILES string of the molecule is COc1cc(-c2cc(C)no2)ccc1S(=O)(=O)Nc1cccc(C(C)=O)c1. The summed E-state index contributed by atoms with van der Waals surface area (Å²) >= 11 is 0. The second kappa shape index (κ2) is 7.24. The summed E-state index contributed by atoms with van der Waals surface area (Å²) in [6, 6.07) is 12.7. The van der Waals surface area contributed by atoms with Gasteiger partial charge in [0.2, 0.25) is 0 Å². The van der Waals surface area contributed by atoms with Crippen molar-refractivity contribution in [3.8, 4) is 17.1 Å². The molecule has 140 valence electrons. The van der Waals surface area contributed by atoms with Crippen LogP contribution in [0.1, 0.15) is 23.0 Å². The molecule has 1 aromatic heterocycles. The zero-order valence-electron chi connectivity index (χ0n) is 15.0. The van der Waals surface area contributed by atoms with E-state index in [4.69, 9.17) is 9.26 Å². The lowest BCUT2D eigenvalue weighted by molar-refractivity contribution is 0.101. The highest BCUT2D eigenvalue weighted by Gasteiger charge is 2.21. The molecule has 7 nitrogen and oxygen atoms in total. The van der Waals surface area contributed by atoms with Gasteiger partial charge in [0, 0.05) is 22.9 Å². The third kappa shape index (κ3) is 4.01. The molecule has 0 aliphatic heterocycles. The van der Waals surface area contributed by atoms with E-state index in [-0.39, 0.29) is 16.4 Å². The number of hydrogen-bond donors (Lipinski definition) is 1. The standard InChI is InChI=1S/C19H18N2O5S/c1-12-9-17(26-20-12)15-7-8-19(18(11-15)25-3)27(23,24)21-16-6-4-5-14(10-16)13(2)22/h4-11,21H,1-3H3. The van der Waals surface area contributed by atoms with Crippen molar-refractivity contribution >= 4 is 21.5 Å². The van der Waals surface area contributed by atoms with Gasteiger partial charge < -0.3 is 9.26 Å². The van der Waals surface area contributed by atoms with Crippen LogP contribution < -0.4 is 9.46 Å². The first kappa shape index (κ1) is 18.7. The molecule has 0 saturated carbocycles. The Hall–Kier alpha value is -3.13. The third-order valence-corrected chi connectivity index (χ3v) is 5.31. The Morgan fingerprint density at radius 2 is 1.93 bits per heavy atom. The number of nitrogens with one attached hydrogen (secondary N) is 1. The van der Waals surface area contributed by atoms with Gasteiger partial charge in [-0.3, -0.25) is 9.52 Å². The number of benzene rings is 2. The average Bonchev–Trinajstić information content (AvgIpc) is 3.07. The third-order valence-electron chi connectivity index (χ3n) is 3.89. The van der Waals surface area contributed by atoms with Crippen molar-refractivity contribution in [1.82, 2.24) is 5.16 Å². The minimum atomic E-state index is -3.92. The molecule has 8 heteroatoms. The maximum Gasteiger partial charge on any atom is 0.265 e. The van der Waals surface area contributed by atoms with Gasteiger partial charge in [-0.05, 0) is 44.2 Å². The second-order valence-electron chi connectivity index (χ2n) is 5.94. The lowest BCUT2D eigenvalue weighted by atomic mass is 10.1. The van der Waals surface area contributed by atoms with Crippen LogP contribution in [0.15, 0.2) is 57.9 Å². The van der Waals surface area contributed by atoms with Crippen molar-refractivity contribution in [3.63, 3.8) is 0 Å². The second-order valence-corrected chi connectivity index (χ2v) is 7.59. The fourth-order valence-corrected chi connectivity index (χ4v) is 3.76. The van der Waals surface area contributed by atoms with Gasteiger partial charge in [0.05, 0.1) is 12.8 Å². The molecule has 0 aliphatic rings. The zero-order valence-corrected chi connectivity index (χ0v) is 15.8. The van der Waals surface area contributed by atoms with E-state index in [0.29, 0.717) is 28.3 Å². The molecule has 0 bridgehead atoms. The summed E-state index contributed by atoms with van der Waals surface area (Å²) < 4.78 is 38.5. The smallest absolute Gasteiger partial charge is 0.265 e. The molecule has 0 unspecified atom stereocenters. The first-order valence-corrected chi connectivity index (χ1v) is 9.54. The molecule has 3 aromatic rings. The topological polar surface area (TPSA) is 98.5 Å². The predicted molar refractivity (Wildman–Crippen MR) is 100 cm³/mol. The van der Waals surface area contributed by atoms with E-state index < -0.39 is 10.0 Å². The van der Waals surface area contributed by atoms with Crippen LogP contribution in [0, 0.1) is 6.92 Å². The molecule has 1 heterocycles. The highest BCUT2D eigenvalue weighted by molar-refractivity contribution is 7.92. The Balaban J connectivity index is 1.96. The van der Waals surface area contributed by atoms with Crippen LogP contribution >= 0.6 is 0 Å². The molecule has 2 aromatic carbocycles. The molecular weight excluding hydrogens is 368 g/mol. The van der Waals surface area contributed by atoms with E-state index in [2.05, 4.69) is 9.88 Å². The van der Waals surface area contributed by atoms with E-state index >= 15 is 0 Å². The number of sulfonamides is 1. The van der Waals surface area contributed by atoms with Crippen molar-refractivity contribution in [2.75, 3.05) is 11.8 Å². The number of carbonyl (C=O) groups excluding carboxylic acids is 1. The quantitative estimate of drug-likeness (QED) is 0.649. The van der Waals surface area contributed by atoms with Gasteiger partial charge in [0.1, 0.15) is 10.6 Å². The van der Waals surface area contributed by atoms with E-state index in [1.807, 2.05) is 0 Å². The number of aryl methyl sites for hydroxylation is 1. The van der Waals surface area contributed by atoms with Crippen LogP contribution in [-0.2, 0) is 10.0 Å². The lowest BCUT2D eigenvalue weighted by Crippen LogP contribution is -2.14. The van der Waals surface area contributed by atoms with Gasteiger partial charge >= 0.3 is 0 Å². The number of nitrogens with zero attached hydrogens (tertiary/aromatic N) is 1. The average molecular weight is 386 g/mol. The fraction of sp³-hybridized carbons (Fsp3) is 0.158. The normalized spacial score (nSPS) is 11.2. The summed E-state index contributed by atoms with van der Waals surface area (Å²) in [6.07, 6.45) is 0. The molecule has 0 radical (unpaired) electrons. The van der Waals surface area contributed by atoms with E-state index in [0.717, 1.165) is 0 Å². The minimum Gasteiger partial charge on any atom is -0.495 e. The molecule has 1 N–H and O–H groups in total. The van der Waals surface area contributed by atoms with E-state index in [1.165, 1.54) is 26.2 Å². The number of hydrogen-bond acceptors (Lipinski definition) is 6. The molecule has 0 aliphatic carbocycles. The van der Waals surface area contributed by atoms with Gasteiger partial charge in [-0.1, -0.05) is 17.3 Å². The first-order valence-electron chi connectivity index (χ1n) is 8.06. The Bertz CT molecular complexity index is 1100. The molecule has 0 spiro atoms. The van der Waals surface area contributed by atoms with Crippen LogP contribution in [0.25, 0.3) is 11.3 Å². The molecular formula is C19H18N2O5S. The number of Topliss-reactive ketones (excluding diaryl/α,β-unsaturated/α-hetero) is 1. The van der Waals surface area contributed by atoms with Crippen LogP contribution in [0.5, 0.6) is 5.75 Å². The summed E-state index contributed by atoms with van der Waals surface area (Å²) in [4.78, 5) is 11.5. The van der Waals surface area contributed by atoms with Crippen LogP contribution in [0.4, 0.5) is 5.69 Å². The van der Waals surface area contributed by atoms with Crippen molar-refractivity contribution in [2.24, 2.45) is 0 Å². The van der Waals surface area contributed by atoms with Crippen LogP contribution in [-0.4, -0.2) is 26.5 Å². The number of ketones is 1. The Labute approximate surface area is 157 Å². The van der Waals surface area contributed by atoms with Crippen LogP contribution in [0.2, 0.25) is 0 Å². The van der Waals surface area contributed by atoms with E-state index in [1.54, 1.807) is 43.3 Å². The largest absolute Gasteiger partial charge is 0.495 e. The molecule has 0 amide bonds. The number of methoxy groups -OCH3 is 1. The van der Waals surface area contributed by atoms with Crippen molar-refractivity contribution < 1.29 is 22.5 Å². The summed E-state index contributed by atoms with van der Waals surface area (Å²) in [5.74, 6) is 0.522. The maximum absolute atomic E-state index is 12.8. The number of aromatic nitrogens is 1. The number of carbonyl (C=O) groups is 1. The van der Waals surface area contributed by atoms with Gasteiger partial charge in [-0.25, -0.2) is 8.42 Å². The highest BCUT2D eigenvalue weighted by Crippen LogP contribution is 2.31.